The minimum atomic E-state index is -4.62. The number of carbonyl (C=O) groups is 1. The molecule has 1 atom stereocenters. The Bertz CT molecular complexity index is 1130. The molecule has 0 saturated carbocycles. The second kappa shape index (κ2) is 10.8. The molecule has 1 heterocycles. The fraction of sp³-hybridized carbons (Fsp3) is 0.417. The quantitative estimate of drug-likeness (QED) is 0.296. The molecule has 2 N–H and O–H groups in total. The average molecular weight is 514 g/mol. The lowest BCUT2D eigenvalue weighted by molar-refractivity contribution is -0.137. The normalized spacial score (nSPS) is 16.4. The highest BCUT2D eigenvalue weighted by Crippen LogP contribution is 2.37. The minimum Gasteiger partial charge on any atom is -0.391 e. The first-order valence-corrected chi connectivity index (χ1v) is 11.0. The van der Waals surface area contributed by atoms with Crippen molar-refractivity contribution in [3.63, 3.8) is 0 Å². The predicted molar refractivity (Wildman–Crippen MR) is 124 cm³/mol. The summed E-state index contributed by atoms with van der Waals surface area (Å²) in [6, 6.07) is 7.31. The molecule has 0 bridgehead atoms. The number of nitrogens with zero attached hydrogens (tertiary/aromatic N) is 2. The maximum atomic E-state index is 13.4. The topological polar surface area (TPSA) is 75.2 Å². The van der Waals surface area contributed by atoms with Gasteiger partial charge in [-0.2, -0.15) is 18.7 Å². The van der Waals surface area contributed by atoms with Crippen LogP contribution in [0.25, 0.3) is 0 Å². The zero-order valence-corrected chi connectivity index (χ0v) is 20.2. The van der Waals surface area contributed by atoms with Crippen LogP contribution in [0.15, 0.2) is 41.6 Å². The molecule has 1 aliphatic heterocycles. The number of hydroxylamine groups is 1. The van der Waals surface area contributed by atoms with E-state index in [-0.39, 0.29) is 29.5 Å². The van der Waals surface area contributed by atoms with Crippen LogP contribution < -0.4 is 15.7 Å². The van der Waals surface area contributed by atoms with Crippen molar-refractivity contribution in [2.24, 2.45) is 5.16 Å². The predicted octanol–water partition coefficient (Wildman–Crippen LogP) is 4.35. The van der Waals surface area contributed by atoms with Crippen LogP contribution in [0.3, 0.4) is 0 Å². The van der Waals surface area contributed by atoms with E-state index in [0.717, 1.165) is 23.8 Å². The average Bonchev–Trinajstić information content (AvgIpc) is 2.80. The van der Waals surface area contributed by atoms with Gasteiger partial charge in [0.05, 0.1) is 31.5 Å². The number of carbonyl (C=O) groups excluding carboxylic acids is 1. The number of rotatable bonds is 9. The van der Waals surface area contributed by atoms with Gasteiger partial charge in [0, 0.05) is 23.9 Å². The molecule has 1 fully saturated rings. The summed E-state index contributed by atoms with van der Waals surface area (Å²) in [6.45, 7) is 1.95. The summed E-state index contributed by atoms with van der Waals surface area (Å²) in [4.78, 5) is 24.1. The van der Waals surface area contributed by atoms with Gasteiger partial charge in [-0.15, -0.1) is 0 Å². The highest BCUT2D eigenvalue weighted by Gasteiger charge is 2.45. The first-order valence-electron chi connectivity index (χ1n) is 11.0. The first kappa shape index (κ1) is 27.3. The van der Waals surface area contributed by atoms with Crippen molar-refractivity contribution in [1.82, 2.24) is 10.8 Å². The zero-order chi connectivity index (χ0) is 26.7. The van der Waals surface area contributed by atoms with Crippen molar-refractivity contribution < 1.29 is 36.4 Å². The summed E-state index contributed by atoms with van der Waals surface area (Å²) in [7, 11) is 2.85. The Hall–Kier alpha value is -3.25. The summed E-state index contributed by atoms with van der Waals surface area (Å²) in [6.07, 6.45) is -4.62. The van der Waals surface area contributed by atoms with Gasteiger partial charge in [0.15, 0.2) is 0 Å². The van der Waals surface area contributed by atoms with E-state index in [2.05, 4.69) is 16.0 Å². The highest BCUT2D eigenvalue weighted by molar-refractivity contribution is 6.03. The Balaban J connectivity index is 1.90. The van der Waals surface area contributed by atoms with Crippen molar-refractivity contribution in [2.75, 3.05) is 32.1 Å². The van der Waals surface area contributed by atoms with Crippen LogP contribution >= 0.6 is 0 Å². The summed E-state index contributed by atoms with van der Waals surface area (Å²) in [5, 5.41) is 6.53. The molecule has 0 radical (unpaired) electrons. The lowest BCUT2D eigenvalue weighted by atomic mass is 9.96. The van der Waals surface area contributed by atoms with E-state index in [0.29, 0.717) is 11.1 Å². The molecule has 7 nitrogen and oxygen atoms in total. The summed E-state index contributed by atoms with van der Waals surface area (Å²) in [5.41, 5.74) is 4.00. The molecule has 1 saturated heterocycles. The van der Waals surface area contributed by atoms with E-state index in [9.17, 15) is 26.7 Å². The second-order valence-corrected chi connectivity index (χ2v) is 8.40. The summed E-state index contributed by atoms with van der Waals surface area (Å²) in [5.74, 6) is -3.26. The number of halogens is 5. The number of oxime groups is 1. The Morgan fingerprint density at radius 2 is 1.92 bits per heavy atom. The van der Waals surface area contributed by atoms with Crippen molar-refractivity contribution in [1.29, 1.82) is 0 Å². The Labute approximate surface area is 205 Å². The third-order valence-electron chi connectivity index (χ3n) is 5.81. The Kier molecular flexibility index (Phi) is 8.19. The van der Waals surface area contributed by atoms with Gasteiger partial charge in [-0.3, -0.25) is 4.79 Å². The molecule has 3 rings (SSSR count). The lowest BCUT2D eigenvalue weighted by Gasteiger charge is -2.41. The molecule has 1 aliphatic rings. The van der Waals surface area contributed by atoms with Crippen LogP contribution in [-0.4, -0.2) is 44.8 Å². The van der Waals surface area contributed by atoms with Crippen LogP contribution in [-0.2, 0) is 27.3 Å². The SMILES string of the molecule is CNC(=O)C(NOC)c1cccc(C)c1CO/N=C(\C)c1cc(C(F)(F)F)ccc1N1CC(F)(F)C1. The second-order valence-electron chi connectivity index (χ2n) is 8.40. The molecule has 2 aromatic carbocycles. The molecular weight excluding hydrogens is 487 g/mol. The van der Waals surface area contributed by atoms with Crippen LogP contribution in [0.4, 0.5) is 27.6 Å². The number of nitrogens with one attached hydrogen (secondary N) is 2. The molecule has 1 amide bonds. The fourth-order valence-corrected chi connectivity index (χ4v) is 3.92. The van der Waals surface area contributed by atoms with Gasteiger partial charge in [-0.05, 0) is 43.2 Å². The third kappa shape index (κ3) is 6.11. The van der Waals surface area contributed by atoms with Gasteiger partial charge in [-0.1, -0.05) is 23.4 Å². The Morgan fingerprint density at radius 1 is 1.22 bits per heavy atom. The number of amides is 1. The van der Waals surface area contributed by atoms with Gasteiger partial charge in [0.1, 0.15) is 12.6 Å². The molecule has 1 unspecified atom stereocenters. The number of alkyl halides is 5. The van der Waals surface area contributed by atoms with Crippen LogP contribution in [0.2, 0.25) is 0 Å². The molecule has 196 valence electrons. The standard InChI is InChI=1S/C24H27F5N4O3/c1-14-6-5-7-17(21(32-35-4)22(34)30-3)19(14)11-36-31-15(2)18-10-16(24(27,28)29)8-9-20(18)33-12-23(25,26)13-33/h5-10,21,32H,11-13H2,1-4H3,(H,30,34)/b31-15+. The number of aryl methyl sites for hydroxylation is 1. The van der Waals surface area contributed by atoms with Crippen LogP contribution in [0, 0.1) is 6.92 Å². The van der Waals surface area contributed by atoms with Crippen molar-refractivity contribution in [2.45, 2.75) is 38.6 Å². The monoisotopic (exact) mass is 514 g/mol. The highest BCUT2D eigenvalue weighted by atomic mass is 19.4. The molecule has 36 heavy (non-hydrogen) atoms. The van der Waals surface area contributed by atoms with E-state index in [1.54, 1.807) is 25.1 Å². The van der Waals surface area contributed by atoms with Crippen LogP contribution in [0.1, 0.15) is 40.8 Å². The first-order chi connectivity index (χ1) is 16.9. The molecular formula is C24H27F5N4O3. The minimum absolute atomic E-state index is 0.0367. The van der Waals surface area contributed by atoms with E-state index >= 15 is 0 Å². The van der Waals surface area contributed by atoms with E-state index < -0.39 is 36.8 Å². The van der Waals surface area contributed by atoms with Gasteiger partial charge in [0.2, 0.25) is 5.91 Å². The molecule has 0 aromatic heterocycles. The number of hydrogen-bond donors (Lipinski definition) is 2. The van der Waals surface area contributed by atoms with Gasteiger partial charge in [-0.25, -0.2) is 8.78 Å². The molecule has 0 spiro atoms. The maximum absolute atomic E-state index is 13.4. The fourth-order valence-electron chi connectivity index (χ4n) is 3.92. The zero-order valence-electron chi connectivity index (χ0n) is 20.2. The van der Waals surface area contributed by atoms with Crippen LogP contribution in [0.5, 0.6) is 0 Å². The summed E-state index contributed by atoms with van der Waals surface area (Å²) >= 11 is 0. The van der Waals surface area contributed by atoms with Gasteiger partial charge >= 0.3 is 6.18 Å². The van der Waals surface area contributed by atoms with E-state index in [1.807, 2.05) is 0 Å². The third-order valence-corrected chi connectivity index (χ3v) is 5.81. The number of likely N-dealkylation sites (N-methyl/N-ethyl adjacent to an activating group) is 1. The lowest BCUT2D eigenvalue weighted by Crippen LogP contribution is -2.56. The molecule has 12 heteroatoms. The van der Waals surface area contributed by atoms with E-state index in [4.69, 9.17) is 9.68 Å². The number of hydrogen-bond acceptors (Lipinski definition) is 6. The maximum Gasteiger partial charge on any atom is 0.416 e. The number of benzene rings is 2. The van der Waals surface area contributed by atoms with Crippen molar-refractivity contribution in [3.05, 3.63) is 64.2 Å². The molecule has 0 aliphatic carbocycles. The van der Waals surface area contributed by atoms with Gasteiger partial charge in [0.25, 0.3) is 5.92 Å². The largest absolute Gasteiger partial charge is 0.416 e. The number of anilines is 1. The summed E-state index contributed by atoms with van der Waals surface area (Å²) < 4.78 is 66.8. The smallest absolute Gasteiger partial charge is 0.391 e. The Morgan fingerprint density at radius 3 is 2.50 bits per heavy atom. The molecule has 2 aromatic rings. The van der Waals surface area contributed by atoms with Crippen molar-refractivity contribution in [3.8, 4) is 0 Å². The van der Waals surface area contributed by atoms with Gasteiger partial charge < -0.3 is 19.9 Å². The van der Waals surface area contributed by atoms with Crippen molar-refractivity contribution >= 4 is 17.3 Å². The van der Waals surface area contributed by atoms with E-state index in [1.165, 1.54) is 26.0 Å².